The summed E-state index contributed by atoms with van der Waals surface area (Å²) < 4.78 is 19.2. The molecule has 0 spiro atoms. The lowest BCUT2D eigenvalue weighted by Gasteiger charge is -2.18. The minimum atomic E-state index is -0.685. The maximum Gasteiger partial charge on any atom is 0.261 e. The van der Waals surface area contributed by atoms with E-state index >= 15 is 0 Å². The first-order valence-electron chi connectivity index (χ1n) is 11.6. The Morgan fingerprint density at radius 3 is 2.51 bits per heavy atom. The minimum absolute atomic E-state index is 0.0180. The molecule has 0 radical (unpaired) electrons. The van der Waals surface area contributed by atoms with Crippen molar-refractivity contribution in [2.75, 3.05) is 13.2 Å². The highest BCUT2D eigenvalue weighted by Crippen LogP contribution is 2.32. The molecule has 2 aromatic carbocycles. The number of imide groups is 1. The molecule has 2 fully saturated rings. The molecule has 3 aromatic rings. The van der Waals surface area contributed by atoms with E-state index in [-0.39, 0.29) is 43.7 Å². The van der Waals surface area contributed by atoms with Gasteiger partial charge >= 0.3 is 0 Å². The van der Waals surface area contributed by atoms with Crippen molar-refractivity contribution in [2.45, 2.75) is 50.5 Å². The molecule has 6 rings (SSSR count). The Morgan fingerprint density at radius 2 is 1.80 bits per heavy atom. The Kier molecular flexibility index (Phi) is 5.33. The van der Waals surface area contributed by atoms with E-state index in [1.807, 2.05) is 6.07 Å². The molecule has 3 aliphatic rings. The maximum atomic E-state index is 12.9. The van der Waals surface area contributed by atoms with E-state index in [1.165, 1.54) is 4.90 Å². The van der Waals surface area contributed by atoms with Crippen LogP contribution in [0.2, 0.25) is 0 Å². The number of benzene rings is 2. The van der Waals surface area contributed by atoms with Crippen LogP contribution in [0.4, 0.5) is 0 Å². The number of carbonyl (C=O) groups excluding carboxylic acids is 2. The largest absolute Gasteiger partial charge is 0.485 e. The first-order valence-corrected chi connectivity index (χ1v) is 11.6. The van der Waals surface area contributed by atoms with Crippen molar-refractivity contribution in [1.29, 1.82) is 0 Å². The number of carbonyl (C=O) groups is 2. The second kappa shape index (κ2) is 8.42. The fourth-order valence-corrected chi connectivity index (χ4v) is 5.06. The summed E-state index contributed by atoms with van der Waals surface area (Å²) in [5, 5.41) is 20.1. The van der Waals surface area contributed by atoms with Gasteiger partial charge in [-0.2, -0.15) is 0 Å². The van der Waals surface area contributed by atoms with Crippen molar-refractivity contribution >= 4 is 22.8 Å². The zero-order valence-corrected chi connectivity index (χ0v) is 19.0. The van der Waals surface area contributed by atoms with E-state index in [9.17, 15) is 19.8 Å². The van der Waals surface area contributed by atoms with E-state index in [0.717, 1.165) is 0 Å². The Labute approximate surface area is 200 Å². The second-order valence-electron chi connectivity index (χ2n) is 9.20. The Balaban J connectivity index is 1.30. The molecule has 10 heteroatoms. The smallest absolute Gasteiger partial charge is 0.261 e. The van der Waals surface area contributed by atoms with E-state index < -0.39 is 18.3 Å². The highest BCUT2D eigenvalue weighted by molar-refractivity contribution is 6.21. The SMILES string of the molecule is C[C@H](O)Cn1c(CN2C(=O)c3ccccc3C2=O)nc2ccc(O[C@H]3CO[C@H]4[C@@H]3OC[C@@H]4O)cc21. The Morgan fingerprint density at radius 1 is 1.09 bits per heavy atom. The van der Waals surface area contributed by atoms with Gasteiger partial charge in [0.25, 0.3) is 11.8 Å². The third kappa shape index (κ3) is 3.69. The lowest BCUT2D eigenvalue weighted by molar-refractivity contribution is 0.00864. The summed E-state index contributed by atoms with van der Waals surface area (Å²) >= 11 is 0. The molecule has 5 atom stereocenters. The molecule has 2 N–H and O–H groups in total. The summed E-state index contributed by atoms with van der Waals surface area (Å²) in [6, 6.07) is 12.1. The number of hydrogen-bond donors (Lipinski definition) is 2. The molecular formula is C25H25N3O7. The van der Waals surface area contributed by atoms with Crippen molar-refractivity contribution in [1.82, 2.24) is 14.5 Å². The molecule has 0 unspecified atom stereocenters. The molecule has 2 saturated heterocycles. The molecule has 0 saturated carbocycles. The van der Waals surface area contributed by atoms with Crippen molar-refractivity contribution < 1.29 is 34.0 Å². The number of aliphatic hydroxyl groups is 2. The van der Waals surface area contributed by atoms with Gasteiger partial charge in [0.05, 0.1) is 54.6 Å². The van der Waals surface area contributed by atoms with Crippen LogP contribution < -0.4 is 4.74 Å². The van der Waals surface area contributed by atoms with Crippen LogP contribution in [-0.2, 0) is 22.6 Å². The predicted molar refractivity (Wildman–Crippen MR) is 122 cm³/mol. The average Bonchev–Trinajstić information content (AvgIpc) is 3.56. The third-order valence-electron chi connectivity index (χ3n) is 6.69. The average molecular weight is 479 g/mol. The van der Waals surface area contributed by atoms with Crippen LogP contribution in [0.5, 0.6) is 5.75 Å². The van der Waals surface area contributed by atoms with Gasteiger partial charge in [0, 0.05) is 6.07 Å². The topological polar surface area (TPSA) is 123 Å². The fourth-order valence-electron chi connectivity index (χ4n) is 5.06. The van der Waals surface area contributed by atoms with Gasteiger partial charge in [-0.05, 0) is 31.2 Å². The monoisotopic (exact) mass is 479 g/mol. The highest BCUT2D eigenvalue weighted by atomic mass is 16.6. The van der Waals surface area contributed by atoms with Crippen LogP contribution in [0, 0.1) is 0 Å². The van der Waals surface area contributed by atoms with Crippen molar-refractivity contribution in [3.63, 3.8) is 0 Å². The van der Waals surface area contributed by atoms with Crippen LogP contribution in [0.3, 0.4) is 0 Å². The first kappa shape index (κ1) is 22.2. The molecule has 35 heavy (non-hydrogen) atoms. The van der Waals surface area contributed by atoms with Gasteiger partial charge in [-0.25, -0.2) is 4.98 Å². The molecular weight excluding hydrogens is 454 g/mol. The standard InChI is InChI=1S/C25H25N3O7/c1-13(29)9-27-18-8-14(35-20-12-34-22-19(30)11-33-23(20)22)6-7-17(18)26-21(27)10-28-24(31)15-4-2-3-5-16(15)25(28)32/h2-8,13,19-20,22-23,29-30H,9-12H2,1H3/t13-,19-,20-,22+,23+/m0/s1. The van der Waals surface area contributed by atoms with E-state index in [1.54, 1.807) is 47.9 Å². The quantitative estimate of drug-likeness (QED) is 0.504. The normalized spacial score (nSPS) is 26.4. The number of amides is 2. The lowest BCUT2D eigenvalue weighted by atomic mass is 10.1. The van der Waals surface area contributed by atoms with Crippen LogP contribution in [0.25, 0.3) is 11.0 Å². The molecule has 3 aliphatic heterocycles. The molecule has 182 valence electrons. The number of hydrogen-bond acceptors (Lipinski definition) is 8. The molecule has 4 heterocycles. The summed E-state index contributed by atoms with van der Waals surface area (Å²) in [6.45, 7) is 2.40. The molecule has 1 aromatic heterocycles. The Hall–Kier alpha value is -3.31. The van der Waals surface area contributed by atoms with Gasteiger partial charge in [0.2, 0.25) is 0 Å². The summed E-state index contributed by atoms with van der Waals surface area (Å²) in [5.41, 5.74) is 2.11. The van der Waals surface area contributed by atoms with Crippen LogP contribution in [0.15, 0.2) is 42.5 Å². The number of aromatic nitrogens is 2. The van der Waals surface area contributed by atoms with Crippen molar-refractivity contribution in [3.05, 3.63) is 59.4 Å². The summed E-state index contributed by atoms with van der Waals surface area (Å²) in [6.07, 6.45) is -2.44. The van der Waals surface area contributed by atoms with Gasteiger partial charge < -0.3 is 29.0 Å². The van der Waals surface area contributed by atoms with Crippen LogP contribution in [0.1, 0.15) is 33.5 Å². The zero-order chi connectivity index (χ0) is 24.3. The number of rotatable bonds is 6. The van der Waals surface area contributed by atoms with Gasteiger partial charge in [0.15, 0.2) is 6.10 Å². The summed E-state index contributed by atoms with van der Waals surface area (Å²) in [7, 11) is 0. The number of fused-ring (bicyclic) bond motifs is 3. The first-order chi connectivity index (χ1) is 16.9. The summed E-state index contributed by atoms with van der Waals surface area (Å²) in [5.74, 6) is 0.328. The van der Waals surface area contributed by atoms with Crippen LogP contribution >= 0.6 is 0 Å². The number of imidazole rings is 1. The minimum Gasteiger partial charge on any atom is -0.485 e. The molecule has 10 nitrogen and oxygen atoms in total. The number of ether oxygens (including phenoxy) is 3. The number of nitrogens with zero attached hydrogens (tertiary/aromatic N) is 3. The second-order valence-corrected chi connectivity index (χ2v) is 9.20. The lowest BCUT2D eigenvalue weighted by Crippen LogP contribution is -2.34. The predicted octanol–water partition coefficient (Wildman–Crippen LogP) is 1.12. The number of aliphatic hydroxyl groups excluding tert-OH is 2. The van der Waals surface area contributed by atoms with Gasteiger partial charge in [-0.3, -0.25) is 14.5 Å². The van der Waals surface area contributed by atoms with Crippen molar-refractivity contribution in [2.24, 2.45) is 0 Å². The van der Waals surface area contributed by atoms with Gasteiger partial charge in [-0.1, -0.05) is 12.1 Å². The Bertz CT molecular complexity index is 1280. The third-order valence-corrected chi connectivity index (χ3v) is 6.69. The van der Waals surface area contributed by atoms with Crippen molar-refractivity contribution in [3.8, 4) is 5.75 Å². The molecule has 2 amide bonds. The van der Waals surface area contributed by atoms with E-state index in [2.05, 4.69) is 4.98 Å². The van der Waals surface area contributed by atoms with E-state index in [0.29, 0.717) is 40.3 Å². The van der Waals surface area contributed by atoms with Gasteiger partial charge in [-0.15, -0.1) is 0 Å². The van der Waals surface area contributed by atoms with Crippen LogP contribution in [-0.4, -0.2) is 80.2 Å². The van der Waals surface area contributed by atoms with E-state index in [4.69, 9.17) is 14.2 Å². The fraction of sp³-hybridized carbons (Fsp3) is 0.400. The molecule has 0 bridgehead atoms. The molecule has 0 aliphatic carbocycles. The zero-order valence-electron chi connectivity index (χ0n) is 19.0. The summed E-state index contributed by atoms with van der Waals surface area (Å²) in [4.78, 5) is 31.6. The van der Waals surface area contributed by atoms with Gasteiger partial charge in [0.1, 0.15) is 29.9 Å². The maximum absolute atomic E-state index is 12.9. The highest BCUT2D eigenvalue weighted by Gasteiger charge is 2.48.